The quantitative estimate of drug-likeness (QED) is 0.670. The van der Waals surface area contributed by atoms with E-state index in [0.29, 0.717) is 5.56 Å². The minimum atomic E-state index is -0.290. The number of carbonyl (C=O) groups excluding carboxylic acids is 1. The molecule has 1 unspecified atom stereocenters. The Kier molecular flexibility index (Phi) is 2.85. The van der Waals surface area contributed by atoms with Crippen LogP contribution in [0, 0.1) is 0 Å². The van der Waals surface area contributed by atoms with Crippen LogP contribution in [0.2, 0.25) is 0 Å². The summed E-state index contributed by atoms with van der Waals surface area (Å²) in [5.74, 6) is -0.290. The number of carbonyl (C=O) groups is 1. The van der Waals surface area contributed by atoms with Crippen LogP contribution in [-0.4, -0.2) is 24.6 Å². The number of aromatic amines is 1. The molecule has 0 saturated carbocycles. The molecule has 2 aliphatic rings. The van der Waals surface area contributed by atoms with Gasteiger partial charge in [-0.25, -0.2) is 4.79 Å². The number of hydrogen-bond donors (Lipinski definition) is 1. The topological polar surface area (TPSA) is 45.3 Å². The highest BCUT2D eigenvalue weighted by Crippen LogP contribution is 2.54. The smallest absolute Gasteiger partial charge is 0.337 e. The Morgan fingerprint density at radius 1 is 1.24 bits per heavy atom. The predicted octanol–water partition coefficient (Wildman–Crippen LogP) is 4.45. The summed E-state index contributed by atoms with van der Waals surface area (Å²) < 4.78 is 4.91. The third kappa shape index (κ3) is 1.79. The summed E-state index contributed by atoms with van der Waals surface area (Å²) in [6.45, 7) is 3.39. The third-order valence-electron chi connectivity index (χ3n) is 5.86. The molecule has 0 amide bonds. The molecule has 126 valence electrons. The number of esters is 1. The highest BCUT2D eigenvalue weighted by Gasteiger charge is 2.45. The Labute approximate surface area is 146 Å². The zero-order chi connectivity index (χ0) is 17.2. The largest absolute Gasteiger partial charge is 0.465 e. The number of rotatable bonds is 1. The van der Waals surface area contributed by atoms with Crippen LogP contribution >= 0.6 is 0 Å². The van der Waals surface area contributed by atoms with Gasteiger partial charge in [-0.15, -0.1) is 0 Å². The second kappa shape index (κ2) is 4.88. The van der Waals surface area contributed by atoms with Gasteiger partial charge in [-0.3, -0.25) is 0 Å². The Morgan fingerprint density at radius 3 is 2.92 bits per heavy atom. The minimum absolute atomic E-state index is 0.0450. The number of para-hydroxylation sites is 1. The average molecular weight is 332 g/mol. The van der Waals surface area contributed by atoms with E-state index >= 15 is 0 Å². The average Bonchev–Trinajstić information content (AvgIpc) is 3.22. The molecular formula is C21H20N2O2. The molecule has 1 N–H and O–H groups in total. The van der Waals surface area contributed by atoms with E-state index in [2.05, 4.69) is 41.1 Å². The number of nitrogens with one attached hydrogen (secondary N) is 1. The molecule has 2 aliphatic heterocycles. The number of methoxy groups -OCH3 is 1. The van der Waals surface area contributed by atoms with Gasteiger partial charge in [0.05, 0.1) is 23.9 Å². The van der Waals surface area contributed by atoms with Gasteiger partial charge in [0.25, 0.3) is 0 Å². The highest BCUT2D eigenvalue weighted by atomic mass is 16.5. The number of H-pyrrole nitrogens is 1. The number of aromatic nitrogens is 1. The van der Waals surface area contributed by atoms with Crippen LogP contribution < -0.4 is 4.90 Å². The number of benzene rings is 2. The zero-order valence-electron chi connectivity index (χ0n) is 14.4. The summed E-state index contributed by atoms with van der Waals surface area (Å²) in [6.07, 6.45) is 2.29. The van der Waals surface area contributed by atoms with Gasteiger partial charge in [0.1, 0.15) is 0 Å². The lowest BCUT2D eigenvalue weighted by Crippen LogP contribution is -2.41. The van der Waals surface area contributed by atoms with Crippen LogP contribution in [0.1, 0.15) is 35.7 Å². The van der Waals surface area contributed by atoms with E-state index in [1.54, 1.807) is 0 Å². The predicted molar refractivity (Wildman–Crippen MR) is 99.0 cm³/mol. The van der Waals surface area contributed by atoms with E-state index in [1.807, 2.05) is 18.2 Å². The van der Waals surface area contributed by atoms with E-state index in [0.717, 1.165) is 23.9 Å². The molecule has 3 aromatic rings. The molecule has 4 nitrogen and oxygen atoms in total. The lowest BCUT2D eigenvalue weighted by Gasteiger charge is -2.42. The maximum absolute atomic E-state index is 12.0. The summed E-state index contributed by atoms with van der Waals surface area (Å²) in [6, 6.07) is 14.4. The maximum Gasteiger partial charge on any atom is 0.337 e. The molecular weight excluding hydrogens is 312 g/mol. The van der Waals surface area contributed by atoms with Crippen LogP contribution in [0.5, 0.6) is 0 Å². The van der Waals surface area contributed by atoms with E-state index in [-0.39, 0.29) is 11.5 Å². The van der Waals surface area contributed by atoms with E-state index in [9.17, 15) is 4.79 Å². The number of ether oxygens (including phenoxy) is 1. The number of fused-ring (bicyclic) bond motifs is 8. The van der Waals surface area contributed by atoms with E-state index in [1.165, 1.54) is 36.0 Å². The molecule has 1 saturated heterocycles. The fourth-order valence-electron chi connectivity index (χ4n) is 4.73. The summed E-state index contributed by atoms with van der Waals surface area (Å²) >= 11 is 0. The monoisotopic (exact) mass is 332 g/mol. The normalized spacial score (nSPS) is 21.0. The van der Waals surface area contributed by atoms with Crippen molar-refractivity contribution in [3.8, 4) is 11.3 Å². The molecule has 1 fully saturated rings. The zero-order valence-corrected chi connectivity index (χ0v) is 14.4. The number of hydrogen-bond acceptors (Lipinski definition) is 3. The van der Waals surface area contributed by atoms with Crippen molar-refractivity contribution < 1.29 is 9.53 Å². The van der Waals surface area contributed by atoms with E-state index in [4.69, 9.17) is 4.74 Å². The molecule has 1 atom stereocenters. The van der Waals surface area contributed by atoms with Gasteiger partial charge in [-0.05, 0) is 44.0 Å². The van der Waals surface area contributed by atoms with Gasteiger partial charge in [-0.1, -0.05) is 18.2 Å². The molecule has 0 radical (unpaired) electrons. The van der Waals surface area contributed by atoms with Crippen LogP contribution in [-0.2, 0) is 10.3 Å². The summed E-state index contributed by atoms with van der Waals surface area (Å²) in [7, 11) is 1.43. The van der Waals surface area contributed by atoms with Crippen molar-refractivity contribution in [3.63, 3.8) is 0 Å². The summed E-state index contributed by atoms with van der Waals surface area (Å²) in [5.41, 5.74) is 6.67. The van der Waals surface area contributed by atoms with E-state index < -0.39 is 0 Å². The van der Waals surface area contributed by atoms with Crippen LogP contribution in [0.4, 0.5) is 5.69 Å². The SMILES string of the molecule is COC(=O)c1ccc2[nH]c3c(c2c1)C1(C)CCCN1c1ccccc1-3. The summed E-state index contributed by atoms with van der Waals surface area (Å²) in [4.78, 5) is 18.2. The lowest BCUT2D eigenvalue weighted by molar-refractivity contribution is 0.0601. The second-order valence-corrected chi connectivity index (χ2v) is 7.17. The van der Waals surface area contributed by atoms with Crippen LogP contribution in [0.3, 0.4) is 0 Å². The van der Waals surface area contributed by atoms with Crippen molar-refractivity contribution in [1.82, 2.24) is 4.98 Å². The second-order valence-electron chi connectivity index (χ2n) is 7.17. The molecule has 2 aromatic carbocycles. The maximum atomic E-state index is 12.0. The fourth-order valence-corrected chi connectivity index (χ4v) is 4.73. The third-order valence-corrected chi connectivity index (χ3v) is 5.86. The van der Waals surface area contributed by atoms with Crippen LogP contribution in [0.25, 0.3) is 22.2 Å². The van der Waals surface area contributed by atoms with Gasteiger partial charge in [0.15, 0.2) is 0 Å². The molecule has 3 heterocycles. The summed E-state index contributed by atoms with van der Waals surface area (Å²) in [5, 5.41) is 1.13. The first-order valence-corrected chi connectivity index (χ1v) is 8.75. The Balaban J connectivity index is 1.86. The van der Waals surface area contributed by atoms with Crippen LogP contribution in [0.15, 0.2) is 42.5 Å². The van der Waals surface area contributed by atoms with Gasteiger partial charge < -0.3 is 14.6 Å². The van der Waals surface area contributed by atoms with Crippen molar-refractivity contribution in [2.45, 2.75) is 25.3 Å². The Morgan fingerprint density at radius 2 is 2.08 bits per heavy atom. The van der Waals surface area contributed by atoms with Gasteiger partial charge in [-0.2, -0.15) is 0 Å². The first kappa shape index (κ1) is 14.6. The Bertz CT molecular complexity index is 1020. The molecule has 0 bridgehead atoms. The Hall–Kier alpha value is -2.75. The van der Waals surface area contributed by atoms with Crippen molar-refractivity contribution >= 4 is 22.6 Å². The molecule has 4 heteroatoms. The molecule has 0 spiro atoms. The molecule has 25 heavy (non-hydrogen) atoms. The first-order valence-electron chi connectivity index (χ1n) is 8.75. The fraction of sp³-hybridized carbons (Fsp3) is 0.286. The number of anilines is 1. The van der Waals surface area contributed by atoms with Crippen molar-refractivity contribution in [2.75, 3.05) is 18.6 Å². The molecule has 5 rings (SSSR count). The van der Waals surface area contributed by atoms with Crippen molar-refractivity contribution in [2.24, 2.45) is 0 Å². The molecule has 1 aromatic heterocycles. The van der Waals surface area contributed by atoms with Gasteiger partial charge in [0, 0.05) is 34.3 Å². The first-order chi connectivity index (χ1) is 12.1. The number of nitrogens with zero attached hydrogens (tertiary/aromatic N) is 1. The standard InChI is InChI=1S/C21H20N2O2/c1-21-10-5-11-23(21)17-7-4-3-6-14(17)19-18(21)15-12-13(20(24)25-2)8-9-16(15)22-19/h3-4,6-9,12,22H,5,10-11H2,1-2H3. The van der Waals surface area contributed by atoms with Crippen molar-refractivity contribution in [3.05, 3.63) is 53.6 Å². The van der Waals surface area contributed by atoms with Crippen molar-refractivity contribution in [1.29, 1.82) is 0 Å². The highest BCUT2D eigenvalue weighted by molar-refractivity contribution is 6.01. The lowest BCUT2D eigenvalue weighted by atomic mass is 9.81. The molecule has 0 aliphatic carbocycles. The van der Waals surface area contributed by atoms with Gasteiger partial charge >= 0.3 is 5.97 Å². The minimum Gasteiger partial charge on any atom is -0.465 e. The van der Waals surface area contributed by atoms with Gasteiger partial charge in [0.2, 0.25) is 0 Å².